The molecule has 1 saturated heterocycles. The van der Waals surface area contributed by atoms with E-state index in [-0.39, 0.29) is 29.6 Å². The molecular weight excluding hydrogens is 394 g/mol. The van der Waals surface area contributed by atoms with Gasteiger partial charge in [0.25, 0.3) is 0 Å². The van der Waals surface area contributed by atoms with Crippen molar-refractivity contribution in [2.45, 2.75) is 38.1 Å². The Balaban J connectivity index is 1.57. The van der Waals surface area contributed by atoms with Crippen molar-refractivity contribution in [1.82, 2.24) is 9.88 Å². The molecule has 0 radical (unpaired) electrons. The van der Waals surface area contributed by atoms with Gasteiger partial charge in [-0.2, -0.15) is 11.8 Å². The Kier molecular flexibility index (Phi) is 5.68. The maximum atomic E-state index is 13.1. The van der Waals surface area contributed by atoms with E-state index in [0.717, 1.165) is 35.9 Å². The molecule has 1 saturated carbocycles. The van der Waals surface area contributed by atoms with E-state index in [1.165, 1.54) is 16.2 Å². The number of carbonyl (C=O) groups excluding carboxylic acids is 3. The van der Waals surface area contributed by atoms with Gasteiger partial charge in [-0.05, 0) is 43.4 Å². The summed E-state index contributed by atoms with van der Waals surface area (Å²) >= 11 is 3.00. The average Bonchev–Trinajstić information content (AvgIpc) is 3.22. The van der Waals surface area contributed by atoms with Crippen LogP contribution in [0, 0.1) is 11.8 Å². The summed E-state index contributed by atoms with van der Waals surface area (Å²) in [4.78, 5) is 44.7. The molecule has 4 rings (SSSR count). The zero-order valence-electron chi connectivity index (χ0n) is 15.7. The highest BCUT2D eigenvalue weighted by molar-refractivity contribution is 7.98. The van der Waals surface area contributed by atoms with Crippen molar-refractivity contribution in [2.75, 3.05) is 17.3 Å². The molecule has 1 aliphatic carbocycles. The summed E-state index contributed by atoms with van der Waals surface area (Å²) in [5.41, 5.74) is 0.822. The number of carbonyl (C=O) groups is 3. The van der Waals surface area contributed by atoms with Crippen molar-refractivity contribution in [3.8, 4) is 0 Å². The number of nitrogens with zero attached hydrogens (tertiary/aromatic N) is 2. The summed E-state index contributed by atoms with van der Waals surface area (Å²) in [5, 5.41) is 3.35. The number of nitrogens with one attached hydrogen (secondary N) is 1. The Bertz CT molecular complexity index is 856. The van der Waals surface area contributed by atoms with E-state index in [4.69, 9.17) is 0 Å². The Labute approximate surface area is 172 Å². The highest BCUT2D eigenvalue weighted by Crippen LogP contribution is 2.39. The Morgan fingerprint density at radius 2 is 1.93 bits per heavy atom. The van der Waals surface area contributed by atoms with Crippen LogP contribution in [0.3, 0.4) is 0 Å². The standard InChI is InChI=1S/C20H23N3O3S2/c1-27-11-10-15(23-18(25)12-6-2-3-7-13(12)19(23)26)17(24)22-20-21-14-8-4-5-9-16(14)28-20/h4-5,8-9,12-13,15H,2-3,6-7,10-11H2,1H3,(H,21,22,24). The third kappa shape index (κ3) is 3.55. The lowest BCUT2D eigenvalue weighted by Crippen LogP contribution is -2.48. The molecule has 2 fully saturated rings. The van der Waals surface area contributed by atoms with Gasteiger partial charge in [-0.25, -0.2) is 4.98 Å². The first-order chi connectivity index (χ1) is 13.6. The molecule has 0 bridgehead atoms. The van der Waals surface area contributed by atoms with E-state index in [9.17, 15) is 14.4 Å². The van der Waals surface area contributed by atoms with Crippen LogP contribution < -0.4 is 5.32 Å². The summed E-state index contributed by atoms with van der Waals surface area (Å²) in [5.74, 6) is -0.444. The molecule has 3 amide bonds. The lowest BCUT2D eigenvalue weighted by molar-refractivity contribution is -0.146. The minimum atomic E-state index is -0.773. The molecule has 1 aliphatic heterocycles. The molecule has 3 unspecified atom stereocenters. The van der Waals surface area contributed by atoms with Crippen LogP contribution in [-0.4, -0.2) is 45.7 Å². The fourth-order valence-corrected chi connectivity index (χ4v) is 5.54. The van der Waals surface area contributed by atoms with Gasteiger partial charge < -0.3 is 5.32 Å². The monoisotopic (exact) mass is 417 g/mol. The number of amides is 3. The number of thioether (sulfide) groups is 1. The van der Waals surface area contributed by atoms with Crippen LogP contribution in [0.4, 0.5) is 5.13 Å². The topological polar surface area (TPSA) is 79.4 Å². The summed E-state index contributed by atoms with van der Waals surface area (Å²) in [6.45, 7) is 0. The number of thiazole rings is 1. The number of rotatable bonds is 6. The largest absolute Gasteiger partial charge is 0.300 e. The van der Waals surface area contributed by atoms with Gasteiger partial charge in [0.05, 0.1) is 22.1 Å². The molecule has 3 atom stereocenters. The van der Waals surface area contributed by atoms with Crippen LogP contribution in [0.2, 0.25) is 0 Å². The Morgan fingerprint density at radius 1 is 1.25 bits per heavy atom. The van der Waals surface area contributed by atoms with Crippen molar-refractivity contribution < 1.29 is 14.4 Å². The van der Waals surface area contributed by atoms with Crippen molar-refractivity contribution in [2.24, 2.45) is 11.8 Å². The number of para-hydroxylation sites is 1. The third-order valence-electron chi connectivity index (χ3n) is 5.61. The summed E-state index contributed by atoms with van der Waals surface area (Å²) in [6.07, 6.45) is 5.86. The van der Waals surface area contributed by atoms with Gasteiger partial charge in [0.15, 0.2) is 5.13 Å². The molecule has 28 heavy (non-hydrogen) atoms. The first-order valence-corrected chi connectivity index (χ1v) is 11.8. The lowest BCUT2D eigenvalue weighted by atomic mass is 9.81. The number of likely N-dealkylation sites (tertiary alicyclic amines) is 1. The van der Waals surface area contributed by atoms with E-state index in [2.05, 4.69) is 10.3 Å². The zero-order chi connectivity index (χ0) is 19.7. The molecule has 1 N–H and O–H groups in total. The van der Waals surface area contributed by atoms with Gasteiger partial charge in [0.1, 0.15) is 6.04 Å². The molecule has 8 heteroatoms. The van der Waals surface area contributed by atoms with Gasteiger partial charge in [-0.15, -0.1) is 0 Å². The van der Waals surface area contributed by atoms with E-state index in [0.29, 0.717) is 17.3 Å². The summed E-state index contributed by atoms with van der Waals surface area (Å²) in [6, 6.07) is 6.90. The van der Waals surface area contributed by atoms with Gasteiger partial charge >= 0.3 is 0 Å². The number of hydrogen-bond donors (Lipinski definition) is 1. The molecule has 2 heterocycles. The van der Waals surface area contributed by atoms with Crippen LogP contribution in [0.1, 0.15) is 32.1 Å². The Hall–Kier alpha value is -1.93. The van der Waals surface area contributed by atoms with Crippen molar-refractivity contribution in [3.63, 3.8) is 0 Å². The first-order valence-electron chi connectivity index (χ1n) is 9.62. The number of imide groups is 1. The predicted octanol–water partition coefficient (Wildman–Crippen LogP) is 3.53. The van der Waals surface area contributed by atoms with Gasteiger partial charge in [-0.1, -0.05) is 36.3 Å². The van der Waals surface area contributed by atoms with Gasteiger partial charge in [-0.3, -0.25) is 19.3 Å². The highest BCUT2D eigenvalue weighted by Gasteiger charge is 2.51. The van der Waals surface area contributed by atoms with Crippen molar-refractivity contribution >= 4 is 56.2 Å². The van der Waals surface area contributed by atoms with Gasteiger partial charge in [0.2, 0.25) is 17.7 Å². The van der Waals surface area contributed by atoms with Gasteiger partial charge in [0, 0.05) is 0 Å². The minimum absolute atomic E-state index is 0.166. The van der Waals surface area contributed by atoms with Crippen LogP contribution in [0.5, 0.6) is 0 Å². The molecular formula is C20H23N3O3S2. The maximum absolute atomic E-state index is 13.1. The number of hydrogen-bond acceptors (Lipinski definition) is 6. The number of anilines is 1. The van der Waals surface area contributed by atoms with Crippen molar-refractivity contribution in [3.05, 3.63) is 24.3 Å². The molecule has 6 nitrogen and oxygen atoms in total. The molecule has 2 aromatic rings. The summed E-state index contributed by atoms with van der Waals surface area (Å²) < 4.78 is 0.984. The van der Waals surface area contributed by atoms with Crippen LogP contribution >= 0.6 is 23.1 Å². The third-order valence-corrected chi connectivity index (χ3v) is 7.20. The van der Waals surface area contributed by atoms with E-state index < -0.39 is 6.04 Å². The second-order valence-corrected chi connectivity index (χ2v) is 9.33. The second kappa shape index (κ2) is 8.21. The Morgan fingerprint density at radius 3 is 2.57 bits per heavy atom. The fraction of sp³-hybridized carbons (Fsp3) is 0.500. The zero-order valence-corrected chi connectivity index (χ0v) is 17.4. The van der Waals surface area contributed by atoms with E-state index in [1.54, 1.807) is 11.8 Å². The molecule has 1 aromatic heterocycles. The predicted molar refractivity (Wildman–Crippen MR) is 112 cm³/mol. The molecule has 148 valence electrons. The molecule has 1 aromatic carbocycles. The van der Waals surface area contributed by atoms with Crippen LogP contribution in [0.25, 0.3) is 10.2 Å². The van der Waals surface area contributed by atoms with Crippen LogP contribution in [0.15, 0.2) is 24.3 Å². The van der Waals surface area contributed by atoms with Crippen LogP contribution in [-0.2, 0) is 14.4 Å². The molecule has 2 aliphatic rings. The SMILES string of the molecule is CSCCC(C(=O)Nc1nc2ccccc2s1)N1C(=O)C2CCCCC2C1=O. The smallest absolute Gasteiger partial charge is 0.249 e. The average molecular weight is 418 g/mol. The quantitative estimate of drug-likeness (QED) is 0.728. The normalized spacial score (nSPS) is 23.1. The lowest BCUT2D eigenvalue weighted by Gasteiger charge is -2.25. The number of benzene rings is 1. The summed E-state index contributed by atoms with van der Waals surface area (Å²) in [7, 11) is 0. The molecule has 0 spiro atoms. The minimum Gasteiger partial charge on any atom is -0.300 e. The first kappa shape index (κ1) is 19.4. The highest BCUT2D eigenvalue weighted by atomic mass is 32.2. The second-order valence-electron chi connectivity index (χ2n) is 7.32. The maximum Gasteiger partial charge on any atom is 0.249 e. The van der Waals surface area contributed by atoms with Crippen molar-refractivity contribution in [1.29, 1.82) is 0 Å². The number of fused-ring (bicyclic) bond motifs is 2. The van der Waals surface area contributed by atoms with E-state index >= 15 is 0 Å². The van der Waals surface area contributed by atoms with E-state index in [1.807, 2.05) is 30.5 Å². The fourth-order valence-electron chi connectivity index (χ4n) is 4.22. The number of aromatic nitrogens is 1.